The van der Waals surface area contributed by atoms with E-state index in [4.69, 9.17) is 5.73 Å². The fourth-order valence-corrected chi connectivity index (χ4v) is 2.32. The van der Waals surface area contributed by atoms with Crippen molar-refractivity contribution < 1.29 is 0 Å². The van der Waals surface area contributed by atoms with Gasteiger partial charge in [-0.1, -0.05) is 6.92 Å². The molecule has 0 radical (unpaired) electrons. The van der Waals surface area contributed by atoms with Crippen LogP contribution in [0.15, 0.2) is 12.4 Å². The second-order valence-electron chi connectivity index (χ2n) is 4.58. The third kappa shape index (κ3) is 2.85. The molecule has 0 bridgehead atoms. The summed E-state index contributed by atoms with van der Waals surface area (Å²) in [5, 5.41) is 0. The van der Waals surface area contributed by atoms with Gasteiger partial charge in [-0.2, -0.15) is 0 Å². The van der Waals surface area contributed by atoms with Crippen molar-refractivity contribution in [1.29, 1.82) is 0 Å². The largest absolute Gasteiger partial charge is 0.382 e. The number of anilines is 2. The molecule has 2 rings (SSSR count). The molecule has 0 aliphatic carbocycles. The summed E-state index contributed by atoms with van der Waals surface area (Å²) in [6.45, 7) is 5.72. The van der Waals surface area contributed by atoms with Gasteiger partial charge in [0.25, 0.3) is 0 Å². The van der Waals surface area contributed by atoms with Crippen LogP contribution in [-0.2, 0) is 0 Å². The van der Waals surface area contributed by atoms with E-state index in [0.29, 0.717) is 11.9 Å². The highest BCUT2D eigenvalue weighted by Gasteiger charge is 2.22. The fraction of sp³-hybridized carbons (Fsp3) is 0.667. The number of nitrogens with two attached hydrogens (primary N) is 1. The van der Waals surface area contributed by atoms with E-state index in [2.05, 4.69) is 33.7 Å². The minimum atomic E-state index is 0.475. The lowest BCUT2D eigenvalue weighted by Crippen LogP contribution is -2.43. The van der Waals surface area contributed by atoms with Gasteiger partial charge < -0.3 is 15.5 Å². The molecule has 0 atom stereocenters. The van der Waals surface area contributed by atoms with Crippen LogP contribution in [0.2, 0.25) is 0 Å². The molecule has 1 aliphatic heterocycles. The summed E-state index contributed by atoms with van der Waals surface area (Å²) in [5.74, 6) is 1.39. The van der Waals surface area contributed by atoms with Crippen LogP contribution in [0, 0.1) is 0 Å². The Bertz CT molecular complexity index is 342. The predicted octanol–water partition coefficient (Wildman–Crippen LogP) is 0.979. The first-order valence-corrected chi connectivity index (χ1v) is 6.23. The summed E-state index contributed by atoms with van der Waals surface area (Å²) in [6, 6.07) is 0.565. The molecule has 2 heterocycles. The zero-order valence-electron chi connectivity index (χ0n) is 10.6. The molecular weight excluding hydrogens is 214 g/mol. The molecule has 0 aromatic carbocycles. The Kier molecular flexibility index (Phi) is 3.78. The number of rotatable bonds is 3. The van der Waals surface area contributed by atoms with Gasteiger partial charge in [0.15, 0.2) is 0 Å². The van der Waals surface area contributed by atoms with Crippen LogP contribution < -0.4 is 10.6 Å². The van der Waals surface area contributed by atoms with Gasteiger partial charge >= 0.3 is 0 Å². The Balaban J connectivity index is 1.96. The quantitative estimate of drug-likeness (QED) is 0.846. The van der Waals surface area contributed by atoms with E-state index in [1.54, 1.807) is 12.4 Å². The zero-order valence-corrected chi connectivity index (χ0v) is 10.6. The Morgan fingerprint density at radius 1 is 1.35 bits per heavy atom. The van der Waals surface area contributed by atoms with Gasteiger partial charge in [-0.05, 0) is 19.4 Å². The van der Waals surface area contributed by atoms with Gasteiger partial charge in [-0.3, -0.25) is 0 Å². The average Bonchev–Trinajstić information content (AvgIpc) is 2.39. The summed E-state index contributed by atoms with van der Waals surface area (Å²) in [6.07, 6.45) is 5.75. The van der Waals surface area contributed by atoms with Gasteiger partial charge in [0.05, 0.1) is 12.4 Å². The molecule has 0 unspecified atom stereocenters. The van der Waals surface area contributed by atoms with Crippen LogP contribution in [0.25, 0.3) is 0 Å². The lowest BCUT2D eigenvalue weighted by molar-refractivity contribution is 0.220. The van der Waals surface area contributed by atoms with Gasteiger partial charge in [-0.15, -0.1) is 0 Å². The maximum absolute atomic E-state index is 5.54. The summed E-state index contributed by atoms with van der Waals surface area (Å²) in [5.41, 5.74) is 5.54. The Morgan fingerprint density at radius 2 is 2.06 bits per heavy atom. The smallest absolute Gasteiger partial charge is 0.147 e. The van der Waals surface area contributed by atoms with Gasteiger partial charge in [0, 0.05) is 26.2 Å². The first kappa shape index (κ1) is 12.1. The number of nitrogens with zero attached hydrogens (tertiary/aromatic N) is 4. The van der Waals surface area contributed by atoms with Crippen LogP contribution in [-0.4, -0.2) is 47.6 Å². The minimum absolute atomic E-state index is 0.475. The van der Waals surface area contributed by atoms with Crippen molar-refractivity contribution in [2.24, 2.45) is 0 Å². The number of hydrogen-bond acceptors (Lipinski definition) is 5. The standard InChI is InChI=1S/C12H21N5/c1-3-17-6-4-10(5-7-17)16(2)12-9-14-11(13)8-15-12/h8-10H,3-7H2,1-2H3,(H2,13,14). The number of likely N-dealkylation sites (tertiary alicyclic amines) is 1. The van der Waals surface area contributed by atoms with E-state index in [1.165, 1.54) is 25.9 Å². The molecule has 1 aromatic heterocycles. The molecule has 2 N–H and O–H groups in total. The summed E-state index contributed by atoms with van der Waals surface area (Å²) in [7, 11) is 2.09. The molecular formula is C12H21N5. The van der Waals surface area contributed by atoms with Crippen molar-refractivity contribution in [2.75, 3.05) is 37.3 Å². The highest BCUT2D eigenvalue weighted by Crippen LogP contribution is 2.19. The minimum Gasteiger partial charge on any atom is -0.382 e. The fourth-order valence-electron chi connectivity index (χ4n) is 2.32. The summed E-state index contributed by atoms with van der Waals surface area (Å²) < 4.78 is 0. The number of hydrogen-bond donors (Lipinski definition) is 1. The second kappa shape index (κ2) is 5.31. The molecule has 17 heavy (non-hydrogen) atoms. The van der Waals surface area contributed by atoms with E-state index in [9.17, 15) is 0 Å². The molecule has 0 amide bonds. The van der Waals surface area contributed by atoms with Crippen LogP contribution in [0.1, 0.15) is 19.8 Å². The van der Waals surface area contributed by atoms with Crippen molar-refractivity contribution >= 4 is 11.6 Å². The molecule has 5 heteroatoms. The van der Waals surface area contributed by atoms with Crippen LogP contribution in [0.4, 0.5) is 11.6 Å². The summed E-state index contributed by atoms with van der Waals surface area (Å²) >= 11 is 0. The van der Waals surface area contributed by atoms with Crippen LogP contribution in [0.5, 0.6) is 0 Å². The summed E-state index contributed by atoms with van der Waals surface area (Å²) in [4.78, 5) is 13.1. The Hall–Kier alpha value is -1.36. The van der Waals surface area contributed by atoms with E-state index in [-0.39, 0.29) is 0 Å². The van der Waals surface area contributed by atoms with E-state index < -0.39 is 0 Å². The van der Waals surface area contributed by atoms with E-state index in [0.717, 1.165) is 12.4 Å². The number of aromatic nitrogens is 2. The SMILES string of the molecule is CCN1CCC(N(C)c2cnc(N)cn2)CC1. The zero-order chi connectivity index (χ0) is 12.3. The highest BCUT2D eigenvalue weighted by atomic mass is 15.2. The molecule has 1 aromatic rings. The first-order chi connectivity index (χ1) is 8.20. The third-order valence-corrected chi connectivity index (χ3v) is 3.57. The van der Waals surface area contributed by atoms with Crippen molar-refractivity contribution in [1.82, 2.24) is 14.9 Å². The maximum atomic E-state index is 5.54. The van der Waals surface area contributed by atoms with Gasteiger partial charge in [0.2, 0.25) is 0 Å². The van der Waals surface area contributed by atoms with E-state index in [1.807, 2.05) is 0 Å². The monoisotopic (exact) mass is 235 g/mol. The van der Waals surface area contributed by atoms with Crippen molar-refractivity contribution in [3.63, 3.8) is 0 Å². The van der Waals surface area contributed by atoms with Crippen molar-refractivity contribution in [3.8, 4) is 0 Å². The molecule has 1 fully saturated rings. The molecule has 0 spiro atoms. The first-order valence-electron chi connectivity index (χ1n) is 6.23. The molecule has 1 aliphatic rings. The highest BCUT2D eigenvalue weighted by molar-refractivity contribution is 5.39. The topological polar surface area (TPSA) is 58.3 Å². The van der Waals surface area contributed by atoms with Crippen LogP contribution in [0.3, 0.4) is 0 Å². The number of nitrogen functional groups attached to an aromatic ring is 1. The van der Waals surface area contributed by atoms with Crippen molar-refractivity contribution in [2.45, 2.75) is 25.8 Å². The average molecular weight is 235 g/mol. The Labute approximate surface area is 103 Å². The normalized spacial score (nSPS) is 18.2. The molecule has 0 saturated carbocycles. The van der Waals surface area contributed by atoms with Gasteiger partial charge in [-0.25, -0.2) is 9.97 Å². The lowest BCUT2D eigenvalue weighted by atomic mass is 10.0. The number of piperidine rings is 1. The maximum Gasteiger partial charge on any atom is 0.147 e. The second-order valence-corrected chi connectivity index (χ2v) is 4.58. The molecule has 94 valence electrons. The molecule has 1 saturated heterocycles. The lowest BCUT2D eigenvalue weighted by Gasteiger charge is -2.36. The predicted molar refractivity (Wildman–Crippen MR) is 70.0 cm³/mol. The molecule has 5 nitrogen and oxygen atoms in total. The third-order valence-electron chi connectivity index (χ3n) is 3.57. The van der Waals surface area contributed by atoms with E-state index >= 15 is 0 Å². The van der Waals surface area contributed by atoms with Crippen LogP contribution >= 0.6 is 0 Å². The van der Waals surface area contributed by atoms with Crippen molar-refractivity contribution in [3.05, 3.63) is 12.4 Å². The Morgan fingerprint density at radius 3 is 2.59 bits per heavy atom. The van der Waals surface area contributed by atoms with Gasteiger partial charge in [0.1, 0.15) is 11.6 Å².